The third-order valence-electron chi connectivity index (χ3n) is 3.86. The van der Waals surface area contributed by atoms with Crippen LogP contribution in [0.15, 0.2) is 0 Å². The molecule has 0 saturated carbocycles. The summed E-state index contributed by atoms with van der Waals surface area (Å²) in [6.45, 7) is 12.8. The van der Waals surface area contributed by atoms with Crippen molar-refractivity contribution >= 4 is 5.91 Å². The van der Waals surface area contributed by atoms with Gasteiger partial charge in [0.15, 0.2) is 0 Å². The van der Waals surface area contributed by atoms with Gasteiger partial charge in [-0.25, -0.2) is 0 Å². The average Bonchev–Trinajstić information content (AvgIpc) is 2.22. The first-order valence-corrected chi connectivity index (χ1v) is 7.12. The quantitative estimate of drug-likeness (QED) is 0.824. The van der Waals surface area contributed by atoms with Gasteiger partial charge in [0, 0.05) is 24.7 Å². The zero-order valence-electron chi connectivity index (χ0n) is 12.5. The highest BCUT2D eigenvalue weighted by atomic mass is 16.2. The summed E-state index contributed by atoms with van der Waals surface area (Å²) < 4.78 is 0. The van der Waals surface area contributed by atoms with Crippen LogP contribution in [0.3, 0.4) is 0 Å². The van der Waals surface area contributed by atoms with E-state index in [1.807, 2.05) is 4.90 Å². The van der Waals surface area contributed by atoms with Gasteiger partial charge in [-0.1, -0.05) is 6.92 Å². The summed E-state index contributed by atoms with van der Waals surface area (Å²) in [6.07, 6.45) is 1.10. The van der Waals surface area contributed by atoms with Crippen molar-refractivity contribution in [1.82, 2.24) is 9.80 Å². The SMILES string of the molecule is CC1CCN(CC(=O)N(C(C)C)C(C)C)CC1N. The maximum atomic E-state index is 12.3. The van der Waals surface area contributed by atoms with E-state index < -0.39 is 0 Å². The van der Waals surface area contributed by atoms with E-state index in [4.69, 9.17) is 5.73 Å². The first kappa shape index (κ1) is 15.4. The topological polar surface area (TPSA) is 49.6 Å². The summed E-state index contributed by atoms with van der Waals surface area (Å²) in [7, 11) is 0. The molecule has 2 atom stereocenters. The smallest absolute Gasteiger partial charge is 0.237 e. The van der Waals surface area contributed by atoms with Crippen molar-refractivity contribution in [2.75, 3.05) is 19.6 Å². The summed E-state index contributed by atoms with van der Waals surface area (Å²) in [6, 6.07) is 0.725. The summed E-state index contributed by atoms with van der Waals surface area (Å²) in [5.41, 5.74) is 6.07. The number of hydrogen-bond acceptors (Lipinski definition) is 3. The van der Waals surface area contributed by atoms with Gasteiger partial charge in [0.25, 0.3) is 0 Å². The summed E-state index contributed by atoms with van der Waals surface area (Å²) >= 11 is 0. The van der Waals surface area contributed by atoms with Crippen LogP contribution in [-0.2, 0) is 4.79 Å². The lowest BCUT2D eigenvalue weighted by molar-refractivity contribution is -0.136. The molecule has 0 aromatic carbocycles. The van der Waals surface area contributed by atoms with E-state index >= 15 is 0 Å². The lowest BCUT2D eigenvalue weighted by Crippen LogP contribution is -2.52. The molecule has 2 unspecified atom stereocenters. The van der Waals surface area contributed by atoms with Gasteiger partial charge in [-0.3, -0.25) is 9.69 Å². The van der Waals surface area contributed by atoms with E-state index in [1.165, 1.54) is 0 Å². The predicted molar refractivity (Wildman–Crippen MR) is 75.3 cm³/mol. The molecule has 4 heteroatoms. The van der Waals surface area contributed by atoms with Crippen molar-refractivity contribution in [2.24, 2.45) is 11.7 Å². The molecule has 0 bridgehead atoms. The molecule has 0 aliphatic carbocycles. The number of likely N-dealkylation sites (tertiary alicyclic amines) is 1. The molecule has 1 saturated heterocycles. The molecule has 1 rings (SSSR count). The van der Waals surface area contributed by atoms with E-state index in [-0.39, 0.29) is 24.0 Å². The fraction of sp³-hybridized carbons (Fsp3) is 0.929. The Morgan fingerprint density at radius 3 is 2.33 bits per heavy atom. The van der Waals surface area contributed by atoms with Crippen molar-refractivity contribution in [2.45, 2.75) is 59.2 Å². The van der Waals surface area contributed by atoms with E-state index in [9.17, 15) is 4.79 Å². The highest BCUT2D eigenvalue weighted by Gasteiger charge is 2.27. The van der Waals surface area contributed by atoms with Crippen molar-refractivity contribution < 1.29 is 4.79 Å². The monoisotopic (exact) mass is 255 g/mol. The van der Waals surface area contributed by atoms with E-state index in [2.05, 4.69) is 39.5 Å². The summed E-state index contributed by atoms with van der Waals surface area (Å²) in [5.74, 6) is 0.796. The van der Waals surface area contributed by atoms with E-state index in [0.717, 1.165) is 19.5 Å². The second-order valence-electron chi connectivity index (χ2n) is 6.15. The second-order valence-corrected chi connectivity index (χ2v) is 6.15. The van der Waals surface area contributed by atoms with Crippen LogP contribution in [-0.4, -0.2) is 53.5 Å². The van der Waals surface area contributed by atoms with Crippen LogP contribution in [0.5, 0.6) is 0 Å². The first-order valence-electron chi connectivity index (χ1n) is 7.12. The molecule has 2 N–H and O–H groups in total. The number of nitrogens with zero attached hydrogens (tertiary/aromatic N) is 2. The Bertz CT molecular complexity index is 270. The molecule has 0 aromatic heterocycles. The predicted octanol–water partition coefficient (Wildman–Crippen LogP) is 1.30. The van der Waals surface area contributed by atoms with Gasteiger partial charge in [-0.05, 0) is 46.6 Å². The highest BCUT2D eigenvalue weighted by Crippen LogP contribution is 2.16. The fourth-order valence-electron chi connectivity index (χ4n) is 2.76. The average molecular weight is 255 g/mol. The minimum absolute atomic E-state index is 0.207. The Kier molecular flexibility index (Phi) is 5.60. The minimum Gasteiger partial charge on any atom is -0.337 e. The van der Waals surface area contributed by atoms with Crippen molar-refractivity contribution in [3.05, 3.63) is 0 Å². The molecule has 1 fully saturated rings. The normalized spacial score (nSPS) is 25.8. The molecule has 0 aromatic rings. The molecule has 4 nitrogen and oxygen atoms in total. The third-order valence-corrected chi connectivity index (χ3v) is 3.86. The van der Waals surface area contributed by atoms with Crippen LogP contribution in [0, 0.1) is 5.92 Å². The van der Waals surface area contributed by atoms with Gasteiger partial charge in [0.05, 0.1) is 6.54 Å². The van der Waals surface area contributed by atoms with Gasteiger partial charge in [0.1, 0.15) is 0 Å². The molecular formula is C14H29N3O. The molecule has 0 spiro atoms. The largest absolute Gasteiger partial charge is 0.337 e. The van der Waals surface area contributed by atoms with Gasteiger partial charge < -0.3 is 10.6 Å². The van der Waals surface area contributed by atoms with Crippen molar-refractivity contribution in [1.29, 1.82) is 0 Å². The Morgan fingerprint density at radius 1 is 1.33 bits per heavy atom. The fourth-order valence-corrected chi connectivity index (χ4v) is 2.76. The third kappa shape index (κ3) is 3.95. The zero-order valence-corrected chi connectivity index (χ0v) is 12.5. The second kappa shape index (κ2) is 6.53. The van der Waals surface area contributed by atoms with Gasteiger partial charge in [-0.2, -0.15) is 0 Å². The number of amides is 1. The lowest BCUT2D eigenvalue weighted by atomic mass is 9.94. The summed E-state index contributed by atoms with van der Waals surface area (Å²) in [5, 5.41) is 0. The van der Waals surface area contributed by atoms with Gasteiger partial charge >= 0.3 is 0 Å². The Labute approximate surface area is 111 Å². The number of carbonyl (C=O) groups excluding carboxylic acids is 1. The minimum atomic E-state index is 0.207. The van der Waals surface area contributed by atoms with Crippen LogP contribution < -0.4 is 5.73 Å². The molecule has 1 amide bonds. The van der Waals surface area contributed by atoms with Crippen molar-refractivity contribution in [3.63, 3.8) is 0 Å². The highest BCUT2D eigenvalue weighted by molar-refractivity contribution is 5.78. The Morgan fingerprint density at radius 2 is 1.89 bits per heavy atom. The summed E-state index contributed by atoms with van der Waals surface area (Å²) in [4.78, 5) is 16.5. The zero-order chi connectivity index (χ0) is 13.9. The van der Waals surface area contributed by atoms with E-state index in [0.29, 0.717) is 12.5 Å². The standard InChI is InChI=1S/C14H29N3O/c1-10(2)17(11(3)4)14(18)9-16-7-6-12(5)13(15)8-16/h10-13H,6-9,15H2,1-5H3. The molecular weight excluding hydrogens is 226 g/mol. The number of hydrogen-bond donors (Lipinski definition) is 1. The maximum absolute atomic E-state index is 12.3. The van der Waals surface area contributed by atoms with Gasteiger partial charge in [-0.15, -0.1) is 0 Å². The molecule has 18 heavy (non-hydrogen) atoms. The van der Waals surface area contributed by atoms with Crippen molar-refractivity contribution in [3.8, 4) is 0 Å². The lowest BCUT2D eigenvalue weighted by Gasteiger charge is -2.37. The van der Waals surface area contributed by atoms with E-state index in [1.54, 1.807) is 0 Å². The van der Waals surface area contributed by atoms with Crippen LogP contribution >= 0.6 is 0 Å². The first-order chi connectivity index (χ1) is 8.32. The Balaban J connectivity index is 2.53. The molecule has 106 valence electrons. The number of carbonyl (C=O) groups is 1. The maximum Gasteiger partial charge on any atom is 0.237 e. The molecule has 0 radical (unpaired) electrons. The number of nitrogens with two attached hydrogens (primary N) is 1. The van der Waals surface area contributed by atoms with Gasteiger partial charge in [0.2, 0.25) is 5.91 Å². The number of rotatable bonds is 4. The van der Waals surface area contributed by atoms with Crippen LogP contribution in [0.4, 0.5) is 0 Å². The molecule has 1 aliphatic rings. The van der Waals surface area contributed by atoms with Crippen LogP contribution in [0.1, 0.15) is 41.0 Å². The van der Waals surface area contributed by atoms with Crippen LogP contribution in [0.2, 0.25) is 0 Å². The Hall–Kier alpha value is -0.610. The molecule has 1 aliphatic heterocycles. The van der Waals surface area contributed by atoms with Crippen LogP contribution in [0.25, 0.3) is 0 Å². The molecule has 1 heterocycles. The number of piperidine rings is 1.